The van der Waals surface area contributed by atoms with Crippen molar-refractivity contribution in [2.45, 2.75) is 79.2 Å². The number of hydrogen-bond donors (Lipinski definition) is 0. The van der Waals surface area contributed by atoms with Crippen LogP contribution in [0, 0.1) is 12.3 Å². The molecule has 0 unspecified atom stereocenters. The van der Waals surface area contributed by atoms with Gasteiger partial charge in [-0.2, -0.15) is 0 Å². The lowest BCUT2D eigenvalue weighted by molar-refractivity contribution is -0.138. The molecule has 1 aliphatic carbocycles. The molecule has 0 aromatic heterocycles. The van der Waals surface area contributed by atoms with Crippen LogP contribution in [0.4, 0.5) is 0 Å². The minimum absolute atomic E-state index is 0.201. The van der Waals surface area contributed by atoms with E-state index in [0.717, 1.165) is 57.3 Å². The van der Waals surface area contributed by atoms with Gasteiger partial charge >= 0.3 is 5.97 Å². The van der Waals surface area contributed by atoms with E-state index >= 15 is 0 Å². The molecule has 5 rings (SSSR count). The summed E-state index contributed by atoms with van der Waals surface area (Å²) in [5, 5.41) is 0. The zero-order valence-electron chi connectivity index (χ0n) is 21.6. The summed E-state index contributed by atoms with van der Waals surface area (Å²) in [4.78, 5) is 29.5. The number of nitrogens with zero attached hydrogens (tertiary/aromatic N) is 2. The van der Waals surface area contributed by atoms with Crippen LogP contribution in [0.2, 0.25) is 0 Å². The highest BCUT2D eigenvalue weighted by molar-refractivity contribution is 5.94. The van der Waals surface area contributed by atoms with Crippen LogP contribution in [-0.4, -0.2) is 54.0 Å². The van der Waals surface area contributed by atoms with Gasteiger partial charge in [0.25, 0.3) is 0 Å². The van der Waals surface area contributed by atoms with Crippen LogP contribution in [0.1, 0.15) is 75.6 Å². The highest BCUT2D eigenvalue weighted by Crippen LogP contribution is 2.44. The molecule has 0 radical (unpaired) electrons. The van der Waals surface area contributed by atoms with Crippen LogP contribution in [-0.2, 0) is 27.2 Å². The van der Waals surface area contributed by atoms with Gasteiger partial charge in [-0.05, 0) is 100 Å². The summed E-state index contributed by atoms with van der Waals surface area (Å²) in [5.41, 5.74) is 8.13. The summed E-state index contributed by atoms with van der Waals surface area (Å²) in [6.07, 6.45) is 5.94. The summed E-state index contributed by atoms with van der Waals surface area (Å²) in [5.74, 6) is -0.0873. The third-order valence-electron chi connectivity index (χ3n) is 8.58. The molecule has 184 valence electrons. The lowest BCUT2D eigenvalue weighted by atomic mass is 9.76. The Kier molecular flexibility index (Phi) is 7.04. The van der Waals surface area contributed by atoms with Gasteiger partial charge in [-0.25, -0.2) is 4.79 Å². The number of likely N-dealkylation sites (tertiary alicyclic amines) is 2. The van der Waals surface area contributed by atoms with Gasteiger partial charge in [0.15, 0.2) is 0 Å². The van der Waals surface area contributed by atoms with E-state index in [-0.39, 0.29) is 23.9 Å². The SMILES string of the molecule is C=C1CCc2c1ccc(C[C@@H](C)N1CCC3(CCN(C4=C(C)C(=O)OC4)C3=O)CC1)c2C.CC. The van der Waals surface area contributed by atoms with Crippen LogP contribution in [0.25, 0.3) is 5.57 Å². The van der Waals surface area contributed by atoms with Crippen LogP contribution in [0.5, 0.6) is 0 Å². The fourth-order valence-electron chi connectivity index (χ4n) is 6.22. The first-order valence-corrected chi connectivity index (χ1v) is 13.0. The van der Waals surface area contributed by atoms with Gasteiger partial charge < -0.3 is 14.5 Å². The molecule has 0 saturated carbocycles. The minimum atomic E-state index is -0.288. The standard InChI is InChI=1S/C27H34N2O3.C2H6/c1-17-5-7-23-19(3)21(6-8-22(17)23)15-18(2)28-12-9-27(10-13-28)11-14-29(26(27)31)24-16-32-25(30)20(24)4;1-2/h6,8,18H,1,5,7,9-16H2,2-4H3;1-2H3/t18-;/m1./s1. The Morgan fingerprint density at radius 3 is 2.38 bits per heavy atom. The molecule has 1 amide bonds. The van der Waals surface area contributed by atoms with E-state index in [0.29, 0.717) is 18.2 Å². The number of carbonyl (C=O) groups excluding carboxylic acids is 2. The second-order valence-electron chi connectivity index (χ2n) is 10.2. The number of esters is 1. The Morgan fingerprint density at radius 2 is 1.74 bits per heavy atom. The third-order valence-corrected chi connectivity index (χ3v) is 8.58. The average Bonchev–Trinajstić information content (AvgIpc) is 3.49. The molecule has 4 aliphatic rings. The van der Waals surface area contributed by atoms with Crippen LogP contribution >= 0.6 is 0 Å². The van der Waals surface area contributed by atoms with Crippen molar-refractivity contribution in [3.05, 3.63) is 52.2 Å². The first-order chi connectivity index (χ1) is 16.3. The number of allylic oxidation sites excluding steroid dienone is 1. The van der Waals surface area contributed by atoms with Crippen molar-refractivity contribution in [3.63, 3.8) is 0 Å². The Morgan fingerprint density at radius 1 is 1.06 bits per heavy atom. The van der Waals surface area contributed by atoms with Crippen LogP contribution < -0.4 is 0 Å². The van der Waals surface area contributed by atoms with Crippen LogP contribution in [0.3, 0.4) is 0 Å². The van der Waals surface area contributed by atoms with Gasteiger partial charge in [0.1, 0.15) is 6.61 Å². The molecular formula is C29H40N2O3. The molecule has 2 fully saturated rings. The van der Waals surface area contributed by atoms with E-state index < -0.39 is 0 Å². The molecule has 1 aromatic rings. The number of carbonyl (C=O) groups is 2. The maximum Gasteiger partial charge on any atom is 0.336 e. The number of piperidine rings is 1. The van der Waals surface area contributed by atoms with Crippen molar-refractivity contribution in [1.82, 2.24) is 9.80 Å². The van der Waals surface area contributed by atoms with Gasteiger partial charge in [-0.3, -0.25) is 4.79 Å². The van der Waals surface area contributed by atoms with Crippen LogP contribution in [0.15, 0.2) is 30.0 Å². The van der Waals surface area contributed by atoms with Gasteiger partial charge in [-0.15, -0.1) is 0 Å². The molecule has 1 atom stereocenters. The zero-order chi connectivity index (χ0) is 24.6. The average molecular weight is 465 g/mol. The molecule has 0 bridgehead atoms. The second kappa shape index (κ2) is 9.69. The van der Waals surface area contributed by atoms with Crippen molar-refractivity contribution >= 4 is 17.4 Å². The molecule has 2 saturated heterocycles. The molecule has 1 aromatic carbocycles. The minimum Gasteiger partial charge on any atom is -0.456 e. The molecule has 1 spiro atoms. The lowest BCUT2D eigenvalue weighted by Crippen LogP contribution is -2.48. The molecule has 0 N–H and O–H groups in total. The van der Waals surface area contributed by atoms with Crippen molar-refractivity contribution < 1.29 is 14.3 Å². The highest BCUT2D eigenvalue weighted by Gasteiger charge is 2.50. The fraction of sp³-hybridized carbons (Fsp3) is 0.586. The second-order valence-corrected chi connectivity index (χ2v) is 10.2. The molecule has 3 aliphatic heterocycles. The number of ether oxygens (including phenoxy) is 1. The molecule has 3 heterocycles. The number of amides is 1. The zero-order valence-corrected chi connectivity index (χ0v) is 21.6. The molecular weight excluding hydrogens is 424 g/mol. The van der Waals surface area contributed by atoms with Gasteiger partial charge in [-0.1, -0.05) is 32.6 Å². The largest absolute Gasteiger partial charge is 0.456 e. The summed E-state index contributed by atoms with van der Waals surface area (Å²) < 4.78 is 5.14. The monoisotopic (exact) mass is 464 g/mol. The topological polar surface area (TPSA) is 49.9 Å². The van der Waals surface area contributed by atoms with Crippen molar-refractivity contribution in [3.8, 4) is 0 Å². The first kappa shape index (κ1) is 24.7. The van der Waals surface area contributed by atoms with Gasteiger partial charge in [0.05, 0.1) is 16.7 Å². The summed E-state index contributed by atoms with van der Waals surface area (Å²) in [6, 6.07) is 5.02. The van der Waals surface area contributed by atoms with Crippen molar-refractivity contribution in [2.75, 3.05) is 26.2 Å². The highest BCUT2D eigenvalue weighted by atomic mass is 16.5. The van der Waals surface area contributed by atoms with E-state index in [1.165, 1.54) is 27.8 Å². The normalized spacial score (nSPS) is 22.7. The maximum atomic E-state index is 13.4. The number of cyclic esters (lactones) is 1. The smallest absolute Gasteiger partial charge is 0.336 e. The van der Waals surface area contributed by atoms with E-state index in [1.807, 2.05) is 18.7 Å². The van der Waals surface area contributed by atoms with Gasteiger partial charge in [0, 0.05) is 12.6 Å². The third kappa shape index (κ3) is 4.13. The molecule has 34 heavy (non-hydrogen) atoms. The Labute approximate surface area is 204 Å². The fourth-order valence-corrected chi connectivity index (χ4v) is 6.22. The number of rotatable bonds is 4. The van der Waals surface area contributed by atoms with Gasteiger partial charge in [0.2, 0.25) is 5.91 Å². The van der Waals surface area contributed by atoms with E-state index in [4.69, 9.17) is 4.74 Å². The number of fused-ring (bicyclic) bond motifs is 1. The summed E-state index contributed by atoms with van der Waals surface area (Å²) in [6.45, 7) is 17.4. The predicted octanol–water partition coefficient (Wildman–Crippen LogP) is 5.06. The Bertz CT molecular complexity index is 1030. The Hall–Kier alpha value is -2.40. The van der Waals surface area contributed by atoms with Crippen molar-refractivity contribution in [2.24, 2.45) is 5.41 Å². The number of benzene rings is 1. The van der Waals surface area contributed by atoms with E-state index in [2.05, 4.69) is 37.5 Å². The lowest BCUT2D eigenvalue weighted by Gasteiger charge is -2.41. The summed E-state index contributed by atoms with van der Waals surface area (Å²) >= 11 is 0. The number of hydrogen-bond acceptors (Lipinski definition) is 4. The molecule has 5 heteroatoms. The van der Waals surface area contributed by atoms with E-state index in [9.17, 15) is 9.59 Å². The quantitative estimate of drug-likeness (QED) is 0.585. The molecule has 5 nitrogen and oxygen atoms in total. The predicted molar refractivity (Wildman–Crippen MR) is 136 cm³/mol. The van der Waals surface area contributed by atoms with Crippen molar-refractivity contribution in [1.29, 1.82) is 0 Å². The Balaban J connectivity index is 0.00000133. The first-order valence-electron chi connectivity index (χ1n) is 13.0. The van der Waals surface area contributed by atoms with E-state index in [1.54, 1.807) is 6.92 Å². The maximum absolute atomic E-state index is 13.4. The summed E-state index contributed by atoms with van der Waals surface area (Å²) in [7, 11) is 0.